The topological polar surface area (TPSA) is 20.2 Å². The minimum Gasteiger partial charge on any atom is -0.507 e. The lowest BCUT2D eigenvalue weighted by molar-refractivity contribution is 0.422. The molecule has 4 aromatic carbocycles. The van der Waals surface area contributed by atoms with E-state index < -0.39 is 8.07 Å². The van der Waals surface area contributed by atoms with E-state index in [0.29, 0.717) is 5.75 Å². The lowest BCUT2D eigenvalue weighted by atomic mass is 9.78. The van der Waals surface area contributed by atoms with Crippen molar-refractivity contribution in [1.29, 1.82) is 0 Å². The van der Waals surface area contributed by atoms with E-state index in [9.17, 15) is 5.11 Å². The average molecular weight is 481 g/mol. The minimum atomic E-state index is -2.04. The van der Waals surface area contributed by atoms with Crippen LogP contribution in [0.1, 0.15) is 69.3 Å². The average Bonchev–Trinajstić information content (AvgIpc) is 2.79. The van der Waals surface area contributed by atoms with Crippen LogP contribution in [0.2, 0.25) is 13.1 Å². The van der Waals surface area contributed by atoms with Gasteiger partial charge in [0.1, 0.15) is 5.75 Å². The molecule has 0 amide bonds. The summed E-state index contributed by atoms with van der Waals surface area (Å²) in [6, 6.07) is 31.2. The Morgan fingerprint density at radius 3 is 1.66 bits per heavy atom. The van der Waals surface area contributed by atoms with Gasteiger partial charge in [0.25, 0.3) is 0 Å². The van der Waals surface area contributed by atoms with Gasteiger partial charge in [-0.05, 0) is 43.9 Å². The lowest BCUT2D eigenvalue weighted by Crippen LogP contribution is -2.48. The van der Waals surface area contributed by atoms with Crippen molar-refractivity contribution in [2.24, 2.45) is 0 Å². The summed E-state index contributed by atoms with van der Waals surface area (Å²) in [6.45, 7) is 18.2. The zero-order valence-electron chi connectivity index (χ0n) is 22.6. The Labute approximate surface area is 212 Å². The molecule has 182 valence electrons. The molecule has 2 heteroatoms. The van der Waals surface area contributed by atoms with Gasteiger partial charge in [0, 0.05) is 5.54 Å². The molecule has 1 unspecified atom stereocenters. The summed E-state index contributed by atoms with van der Waals surface area (Å²) < 4.78 is 0. The fourth-order valence-corrected chi connectivity index (χ4v) is 8.81. The van der Waals surface area contributed by atoms with E-state index in [4.69, 9.17) is 0 Å². The smallest absolute Gasteiger partial charge is 0.123 e. The zero-order chi connectivity index (χ0) is 25.6. The Bertz CT molecular complexity index is 1300. The van der Waals surface area contributed by atoms with E-state index in [1.165, 1.54) is 27.1 Å². The highest BCUT2D eigenvalue weighted by Crippen LogP contribution is 2.44. The van der Waals surface area contributed by atoms with Gasteiger partial charge < -0.3 is 5.11 Å². The number of aromatic hydroxyl groups is 1. The van der Waals surface area contributed by atoms with Crippen LogP contribution in [0.5, 0.6) is 5.75 Å². The second kappa shape index (κ2) is 8.99. The first-order valence-electron chi connectivity index (χ1n) is 12.7. The Hall–Kier alpha value is -2.84. The third-order valence-corrected chi connectivity index (χ3v) is 11.4. The first-order valence-corrected chi connectivity index (χ1v) is 15.8. The number of benzene rings is 4. The van der Waals surface area contributed by atoms with Gasteiger partial charge in [0.15, 0.2) is 0 Å². The van der Waals surface area contributed by atoms with Crippen molar-refractivity contribution in [3.05, 3.63) is 107 Å². The standard InChI is InChI=1S/C33H40OSi/c1-32(2,3)28-21-26(22-29(30(28)34)33(4,5)6)31(35(7,8)27-16-10-9-11-17-27)25-19-18-23-14-12-13-15-24(23)20-25/h9-22,31,34H,1-8H3. The molecule has 4 rings (SSSR count). The van der Waals surface area contributed by atoms with Gasteiger partial charge in [-0.15, -0.1) is 0 Å². The van der Waals surface area contributed by atoms with Crippen molar-refractivity contribution in [2.75, 3.05) is 0 Å². The SMILES string of the molecule is CC(C)(C)c1cc(C(c2ccc3ccccc3c2)[Si](C)(C)c2ccccc2)cc(C(C)(C)C)c1O. The van der Waals surface area contributed by atoms with Gasteiger partial charge in [-0.1, -0.05) is 145 Å². The molecule has 0 saturated heterocycles. The number of rotatable bonds is 4. The van der Waals surface area contributed by atoms with E-state index in [1.807, 2.05) is 0 Å². The molecule has 0 aliphatic heterocycles. The molecular formula is C33H40OSi. The fraction of sp³-hybridized carbons (Fsp3) is 0.333. The first kappa shape index (κ1) is 25.3. The number of phenols is 1. The van der Waals surface area contributed by atoms with Crippen LogP contribution in [0.4, 0.5) is 0 Å². The third-order valence-electron chi connectivity index (χ3n) is 7.43. The number of fused-ring (bicyclic) bond motifs is 1. The van der Waals surface area contributed by atoms with Gasteiger partial charge in [0.05, 0.1) is 8.07 Å². The highest BCUT2D eigenvalue weighted by molar-refractivity contribution is 6.91. The van der Waals surface area contributed by atoms with E-state index in [0.717, 1.165) is 11.1 Å². The third kappa shape index (κ3) is 4.95. The molecule has 0 heterocycles. The van der Waals surface area contributed by atoms with Crippen LogP contribution in [0.25, 0.3) is 10.8 Å². The van der Waals surface area contributed by atoms with Crippen molar-refractivity contribution >= 4 is 24.0 Å². The maximum absolute atomic E-state index is 11.4. The van der Waals surface area contributed by atoms with Gasteiger partial charge in [-0.3, -0.25) is 0 Å². The van der Waals surface area contributed by atoms with Crippen molar-refractivity contribution in [3.8, 4) is 5.75 Å². The summed E-state index contributed by atoms with van der Waals surface area (Å²) in [5, 5.41) is 15.4. The monoisotopic (exact) mass is 480 g/mol. The first-order chi connectivity index (χ1) is 16.3. The van der Waals surface area contributed by atoms with E-state index >= 15 is 0 Å². The molecule has 0 bridgehead atoms. The van der Waals surface area contributed by atoms with Crippen LogP contribution < -0.4 is 5.19 Å². The molecule has 0 fully saturated rings. The number of hydrogen-bond acceptors (Lipinski definition) is 1. The van der Waals surface area contributed by atoms with Crippen molar-refractivity contribution in [1.82, 2.24) is 0 Å². The van der Waals surface area contributed by atoms with Crippen molar-refractivity contribution in [2.45, 2.75) is 71.0 Å². The summed E-state index contributed by atoms with van der Waals surface area (Å²) >= 11 is 0. The van der Waals surface area contributed by atoms with Crippen molar-refractivity contribution in [3.63, 3.8) is 0 Å². The summed E-state index contributed by atoms with van der Waals surface area (Å²) in [4.78, 5) is 0. The molecule has 4 aromatic rings. The molecule has 1 nitrogen and oxygen atoms in total. The second-order valence-corrected chi connectivity index (χ2v) is 17.2. The highest BCUT2D eigenvalue weighted by atomic mass is 28.3. The summed E-state index contributed by atoms with van der Waals surface area (Å²) in [5.41, 5.74) is 4.66. The molecule has 0 radical (unpaired) electrons. The zero-order valence-corrected chi connectivity index (χ0v) is 23.6. The van der Waals surface area contributed by atoms with Gasteiger partial charge in [0.2, 0.25) is 0 Å². The number of phenolic OH excluding ortho intramolecular Hbond substituents is 1. The molecule has 1 N–H and O–H groups in total. The largest absolute Gasteiger partial charge is 0.507 e. The Balaban J connectivity index is 2.05. The van der Waals surface area contributed by atoms with Crippen LogP contribution in [-0.2, 0) is 10.8 Å². The highest BCUT2D eigenvalue weighted by Gasteiger charge is 2.38. The van der Waals surface area contributed by atoms with Crippen LogP contribution in [0, 0.1) is 0 Å². The van der Waals surface area contributed by atoms with Crippen LogP contribution in [0.15, 0.2) is 84.9 Å². The second-order valence-electron chi connectivity index (χ2n) is 12.6. The van der Waals surface area contributed by atoms with Crippen LogP contribution in [-0.4, -0.2) is 13.2 Å². The number of hydrogen-bond donors (Lipinski definition) is 1. The molecular weight excluding hydrogens is 440 g/mol. The van der Waals surface area contributed by atoms with Crippen molar-refractivity contribution < 1.29 is 5.11 Å². The maximum Gasteiger partial charge on any atom is 0.123 e. The lowest BCUT2D eigenvalue weighted by Gasteiger charge is -2.37. The molecule has 0 saturated carbocycles. The van der Waals surface area contributed by atoms with Gasteiger partial charge in [-0.25, -0.2) is 0 Å². The quantitative estimate of drug-likeness (QED) is 0.291. The Kier molecular flexibility index (Phi) is 6.48. The van der Waals surface area contributed by atoms with Gasteiger partial charge >= 0.3 is 0 Å². The van der Waals surface area contributed by atoms with E-state index in [-0.39, 0.29) is 16.4 Å². The fourth-order valence-electron chi connectivity index (χ4n) is 5.41. The molecule has 0 spiro atoms. The maximum atomic E-state index is 11.4. The normalized spacial score (nSPS) is 13.7. The molecule has 1 atom stereocenters. The molecule has 35 heavy (non-hydrogen) atoms. The van der Waals surface area contributed by atoms with E-state index in [2.05, 4.69) is 140 Å². The summed E-state index contributed by atoms with van der Waals surface area (Å²) in [7, 11) is -2.04. The van der Waals surface area contributed by atoms with Crippen LogP contribution in [0.3, 0.4) is 0 Å². The summed E-state index contributed by atoms with van der Waals surface area (Å²) in [6.07, 6.45) is 0. The van der Waals surface area contributed by atoms with E-state index in [1.54, 1.807) is 0 Å². The Morgan fingerprint density at radius 2 is 1.11 bits per heavy atom. The molecule has 0 aliphatic carbocycles. The predicted octanol–water partition coefficient (Wildman–Crippen LogP) is 8.43. The molecule has 0 aromatic heterocycles. The predicted molar refractivity (Wildman–Crippen MR) is 155 cm³/mol. The van der Waals surface area contributed by atoms with Gasteiger partial charge in [-0.2, -0.15) is 0 Å². The molecule has 0 aliphatic rings. The Morgan fingerprint density at radius 1 is 0.600 bits per heavy atom. The minimum absolute atomic E-state index is 0.160. The van der Waals surface area contributed by atoms with Crippen LogP contribution >= 0.6 is 0 Å². The summed E-state index contributed by atoms with van der Waals surface area (Å²) in [5.74, 6) is 0.449.